The average molecular weight is 296 g/mol. The van der Waals surface area contributed by atoms with E-state index in [1.807, 2.05) is 6.92 Å². The maximum Gasteiger partial charge on any atom is 0.164 e. The van der Waals surface area contributed by atoms with Crippen LogP contribution in [0.5, 0.6) is 0 Å². The zero-order valence-electron chi connectivity index (χ0n) is 14.8. The van der Waals surface area contributed by atoms with Gasteiger partial charge in [0, 0.05) is 13.0 Å². The van der Waals surface area contributed by atoms with E-state index in [1.54, 1.807) is 0 Å². The second-order valence-electron chi connectivity index (χ2n) is 7.53. The standard InChI is InChI=1S/C19H36O2/c1-5-7-8-9-10-11-12-17(20)19(21-6-2)15-13-18(3,4)14-16-19/h5-16H2,1-4H3. The Morgan fingerprint density at radius 3 is 2.05 bits per heavy atom. The van der Waals surface area contributed by atoms with Crippen LogP contribution in [-0.2, 0) is 9.53 Å². The van der Waals surface area contributed by atoms with Crippen LogP contribution < -0.4 is 0 Å². The van der Waals surface area contributed by atoms with E-state index in [-0.39, 0.29) is 0 Å². The Kier molecular flexibility index (Phi) is 7.94. The first-order chi connectivity index (χ1) is 9.96. The molecule has 0 amide bonds. The van der Waals surface area contributed by atoms with E-state index in [1.165, 1.54) is 32.1 Å². The van der Waals surface area contributed by atoms with Gasteiger partial charge >= 0.3 is 0 Å². The van der Waals surface area contributed by atoms with E-state index < -0.39 is 5.60 Å². The molecule has 1 aliphatic rings. The molecule has 0 bridgehead atoms. The minimum absolute atomic E-state index is 0.371. The van der Waals surface area contributed by atoms with E-state index >= 15 is 0 Å². The van der Waals surface area contributed by atoms with Crippen LogP contribution in [0.15, 0.2) is 0 Å². The number of ether oxygens (including phenoxy) is 1. The molecule has 0 radical (unpaired) electrons. The van der Waals surface area contributed by atoms with E-state index in [0.29, 0.717) is 24.2 Å². The summed E-state index contributed by atoms with van der Waals surface area (Å²) in [6.45, 7) is 9.52. The number of carbonyl (C=O) groups excluding carboxylic acids is 1. The third kappa shape index (κ3) is 6.10. The molecule has 0 saturated heterocycles. The Labute approximate surface area is 132 Å². The lowest BCUT2D eigenvalue weighted by molar-refractivity contribution is -0.152. The largest absolute Gasteiger partial charge is 0.368 e. The normalized spacial score (nSPS) is 20.4. The highest BCUT2D eigenvalue weighted by Crippen LogP contribution is 2.43. The van der Waals surface area contributed by atoms with Crippen molar-refractivity contribution in [2.45, 2.75) is 104 Å². The summed E-state index contributed by atoms with van der Waals surface area (Å²) < 4.78 is 5.97. The molecule has 0 aromatic heterocycles. The van der Waals surface area contributed by atoms with Gasteiger partial charge in [-0.3, -0.25) is 4.79 Å². The maximum atomic E-state index is 12.7. The highest BCUT2D eigenvalue weighted by Gasteiger charge is 2.43. The molecule has 0 spiro atoms. The van der Waals surface area contributed by atoms with E-state index in [4.69, 9.17) is 4.74 Å². The quantitative estimate of drug-likeness (QED) is 0.485. The number of unbranched alkanes of at least 4 members (excludes halogenated alkanes) is 5. The second kappa shape index (κ2) is 8.92. The van der Waals surface area contributed by atoms with Gasteiger partial charge in [-0.2, -0.15) is 0 Å². The second-order valence-corrected chi connectivity index (χ2v) is 7.53. The van der Waals surface area contributed by atoms with Gasteiger partial charge in [0.15, 0.2) is 5.78 Å². The molecule has 1 saturated carbocycles. The van der Waals surface area contributed by atoms with Crippen molar-refractivity contribution >= 4 is 5.78 Å². The van der Waals surface area contributed by atoms with Gasteiger partial charge in [0.1, 0.15) is 5.60 Å². The van der Waals surface area contributed by atoms with Crippen molar-refractivity contribution in [2.75, 3.05) is 6.61 Å². The smallest absolute Gasteiger partial charge is 0.164 e. The highest BCUT2D eigenvalue weighted by molar-refractivity contribution is 5.87. The monoisotopic (exact) mass is 296 g/mol. The lowest BCUT2D eigenvalue weighted by Crippen LogP contribution is -2.46. The van der Waals surface area contributed by atoms with Crippen molar-refractivity contribution in [3.8, 4) is 0 Å². The van der Waals surface area contributed by atoms with Gasteiger partial charge in [-0.25, -0.2) is 0 Å². The lowest BCUT2D eigenvalue weighted by Gasteiger charge is -2.42. The molecule has 1 fully saturated rings. The fourth-order valence-electron chi connectivity index (χ4n) is 3.40. The number of hydrogen-bond acceptors (Lipinski definition) is 2. The van der Waals surface area contributed by atoms with Crippen LogP contribution in [0.2, 0.25) is 0 Å². The number of rotatable bonds is 10. The van der Waals surface area contributed by atoms with Gasteiger partial charge in [0.25, 0.3) is 0 Å². The molecular formula is C19H36O2. The van der Waals surface area contributed by atoms with Gasteiger partial charge in [0.05, 0.1) is 0 Å². The van der Waals surface area contributed by atoms with Crippen molar-refractivity contribution in [1.82, 2.24) is 0 Å². The van der Waals surface area contributed by atoms with Crippen LogP contribution in [0.4, 0.5) is 0 Å². The van der Waals surface area contributed by atoms with Crippen LogP contribution in [0.25, 0.3) is 0 Å². The molecule has 0 aromatic rings. The fourth-order valence-corrected chi connectivity index (χ4v) is 3.40. The van der Waals surface area contributed by atoms with Crippen molar-refractivity contribution in [1.29, 1.82) is 0 Å². The molecule has 0 aliphatic heterocycles. The number of hydrogen-bond donors (Lipinski definition) is 0. The summed E-state index contributed by atoms with van der Waals surface area (Å²) in [4.78, 5) is 12.7. The number of Topliss-reactive ketones (excluding diaryl/α,β-unsaturated/α-hetero) is 1. The maximum absolute atomic E-state index is 12.7. The molecule has 21 heavy (non-hydrogen) atoms. The third-order valence-electron chi connectivity index (χ3n) is 5.10. The Bertz CT molecular complexity index is 297. The molecule has 0 aromatic carbocycles. The van der Waals surface area contributed by atoms with E-state index in [0.717, 1.165) is 32.1 Å². The van der Waals surface area contributed by atoms with Crippen LogP contribution in [0, 0.1) is 5.41 Å². The summed E-state index contributed by atoms with van der Waals surface area (Å²) in [6.07, 6.45) is 12.2. The van der Waals surface area contributed by atoms with Crippen LogP contribution in [0.1, 0.15) is 98.3 Å². The Balaban J connectivity index is 2.40. The van der Waals surface area contributed by atoms with Crippen molar-refractivity contribution in [3.63, 3.8) is 0 Å². The fraction of sp³-hybridized carbons (Fsp3) is 0.947. The summed E-state index contributed by atoms with van der Waals surface area (Å²) in [5, 5.41) is 0. The first kappa shape index (κ1) is 18.7. The van der Waals surface area contributed by atoms with Gasteiger partial charge < -0.3 is 4.74 Å². The molecule has 0 heterocycles. The first-order valence-corrected chi connectivity index (χ1v) is 9.13. The SMILES string of the molecule is CCCCCCCCC(=O)C1(OCC)CCC(C)(C)CC1. The van der Waals surface area contributed by atoms with Crippen LogP contribution >= 0.6 is 0 Å². The minimum atomic E-state index is -0.451. The number of ketones is 1. The first-order valence-electron chi connectivity index (χ1n) is 9.13. The summed E-state index contributed by atoms with van der Waals surface area (Å²) in [5.74, 6) is 0.371. The molecule has 0 unspecified atom stereocenters. The van der Waals surface area contributed by atoms with Gasteiger partial charge in [0.2, 0.25) is 0 Å². The Hall–Kier alpha value is -0.370. The molecule has 124 valence electrons. The highest BCUT2D eigenvalue weighted by atomic mass is 16.5. The van der Waals surface area contributed by atoms with E-state index in [9.17, 15) is 4.79 Å². The Morgan fingerprint density at radius 1 is 0.905 bits per heavy atom. The molecule has 1 aliphatic carbocycles. The van der Waals surface area contributed by atoms with Crippen LogP contribution in [-0.4, -0.2) is 18.0 Å². The molecule has 2 heteroatoms. The lowest BCUT2D eigenvalue weighted by atomic mass is 9.69. The molecule has 1 rings (SSSR count). The predicted octanol–water partition coefficient (Wildman–Crippen LogP) is 5.68. The average Bonchev–Trinajstić information content (AvgIpc) is 2.45. The molecule has 0 N–H and O–H groups in total. The summed E-state index contributed by atoms with van der Waals surface area (Å²) in [6, 6.07) is 0. The molecular weight excluding hydrogens is 260 g/mol. The van der Waals surface area contributed by atoms with Gasteiger partial charge in [-0.15, -0.1) is 0 Å². The van der Waals surface area contributed by atoms with Crippen molar-refractivity contribution in [2.24, 2.45) is 5.41 Å². The molecule has 2 nitrogen and oxygen atoms in total. The van der Waals surface area contributed by atoms with Gasteiger partial charge in [-0.05, 0) is 44.4 Å². The predicted molar refractivity (Wildman–Crippen MR) is 89.6 cm³/mol. The van der Waals surface area contributed by atoms with Crippen molar-refractivity contribution < 1.29 is 9.53 Å². The van der Waals surface area contributed by atoms with E-state index in [2.05, 4.69) is 20.8 Å². The topological polar surface area (TPSA) is 26.3 Å². The van der Waals surface area contributed by atoms with Gasteiger partial charge in [-0.1, -0.05) is 52.9 Å². The zero-order valence-corrected chi connectivity index (χ0v) is 14.8. The molecule has 0 atom stereocenters. The summed E-state index contributed by atoms with van der Waals surface area (Å²) >= 11 is 0. The summed E-state index contributed by atoms with van der Waals surface area (Å²) in [5.41, 5.74) is -0.0747. The van der Waals surface area contributed by atoms with Crippen molar-refractivity contribution in [3.05, 3.63) is 0 Å². The zero-order chi connectivity index (χ0) is 15.8. The summed E-state index contributed by atoms with van der Waals surface area (Å²) in [7, 11) is 0. The number of carbonyl (C=O) groups is 1. The van der Waals surface area contributed by atoms with Crippen LogP contribution in [0.3, 0.4) is 0 Å². The third-order valence-corrected chi connectivity index (χ3v) is 5.10. The Morgan fingerprint density at radius 2 is 1.48 bits per heavy atom. The minimum Gasteiger partial charge on any atom is -0.368 e.